The van der Waals surface area contributed by atoms with Crippen LogP contribution in [0.15, 0.2) is 33.6 Å². The van der Waals surface area contributed by atoms with E-state index in [2.05, 4.69) is 55.6 Å². The molecule has 1 aliphatic carbocycles. The van der Waals surface area contributed by atoms with E-state index in [4.69, 9.17) is 10.7 Å². The van der Waals surface area contributed by atoms with E-state index in [9.17, 15) is 0 Å². The van der Waals surface area contributed by atoms with Gasteiger partial charge in [0.15, 0.2) is 0 Å². The van der Waals surface area contributed by atoms with Crippen molar-refractivity contribution in [2.75, 3.05) is 5.73 Å². The highest BCUT2D eigenvalue weighted by Gasteiger charge is 2.28. The first-order valence-electron chi connectivity index (χ1n) is 6.33. The van der Waals surface area contributed by atoms with E-state index >= 15 is 0 Å². The molecule has 6 heteroatoms. The number of rotatable bonds is 4. The Labute approximate surface area is 144 Å². The van der Waals surface area contributed by atoms with E-state index in [1.54, 1.807) is 11.8 Å². The van der Waals surface area contributed by atoms with Crippen LogP contribution in [0.2, 0.25) is 0 Å². The molecule has 3 rings (SSSR count). The van der Waals surface area contributed by atoms with Crippen molar-refractivity contribution in [1.29, 1.82) is 0 Å². The molecule has 0 radical (unpaired) electrons. The summed E-state index contributed by atoms with van der Waals surface area (Å²) in [5.41, 5.74) is 7.15. The summed E-state index contributed by atoms with van der Waals surface area (Å²) in [5.74, 6) is 2.79. The number of halogens is 2. The van der Waals surface area contributed by atoms with E-state index < -0.39 is 0 Å². The van der Waals surface area contributed by atoms with Crippen LogP contribution in [-0.2, 0) is 5.75 Å². The Kier molecular flexibility index (Phi) is 4.52. The first-order chi connectivity index (χ1) is 9.63. The molecule has 1 aliphatic rings. The molecule has 104 valence electrons. The smallest absolute Gasteiger partial charge is 0.141 e. The Morgan fingerprint density at radius 1 is 1.35 bits per heavy atom. The van der Waals surface area contributed by atoms with Crippen molar-refractivity contribution in [3.8, 4) is 0 Å². The minimum atomic E-state index is 0.599. The van der Waals surface area contributed by atoms with Crippen molar-refractivity contribution in [1.82, 2.24) is 9.97 Å². The molecule has 0 aliphatic heterocycles. The summed E-state index contributed by atoms with van der Waals surface area (Å²) in [6, 6.07) is 8.25. The van der Waals surface area contributed by atoms with Gasteiger partial charge in [-0.3, -0.25) is 0 Å². The zero-order valence-electron chi connectivity index (χ0n) is 10.6. The Morgan fingerprint density at radius 2 is 2.15 bits per heavy atom. The van der Waals surface area contributed by atoms with Crippen molar-refractivity contribution in [2.24, 2.45) is 0 Å². The van der Waals surface area contributed by atoms with Crippen LogP contribution < -0.4 is 5.73 Å². The summed E-state index contributed by atoms with van der Waals surface area (Å²) < 4.78 is 2.12. The van der Waals surface area contributed by atoms with Crippen LogP contribution in [0.3, 0.4) is 0 Å². The quantitative estimate of drug-likeness (QED) is 0.534. The third-order valence-electron chi connectivity index (χ3n) is 3.08. The molecule has 2 N–H and O–H groups in total. The number of thioether (sulfide) groups is 1. The van der Waals surface area contributed by atoms with Gasteiger partial charge in [0.25, 0.3) is 0 Å². The maximum absolute atomic E-state index is 6.00. The van der Waals surface area contributed by atoms with Crippen LogP contribution in [0, 0.1) is 3.57 Å². The average Bonchev–Trinajstić information content (AvgIpc) is 3.24. The van der Waals surface area contributed by atoms with Crippen LogP contribution in [0.25, 0.3) is 0 Å². The highest BCUT2D eigenvalue weighted by molar-refractivity contribution is 14.1. The minimum absolute atomic E-state index is 0.599. The number of benzene rings is 1. The third kappa shape index (κ3) is 3.46. The summed E-state index contributed by atoms with van der Waals surface area (Å²) in [7, 11) is 0. The van der Waals surface area contributed by atoms with Crippen LogP contribution >= 0.6 is 50.3 Å². The SMILES string of the molecule is Nc1nc(CSc2cccc(Br)c2)nc(C2CC2)c1I. The number of aromatic nitrogens is 2. The van der Waals surface area contributed by atoms with Crippen LogP contribution in [0.4, 0.5) is 5.82 Å². The molecule has 1 saturated carbocycles. The molecule has 1 heterocycles. The average molecular weight is 462 g/mol. The lowest BCUT2D eigenvalue weighted by molar-refractivity contribution is 0.924. The van der Waals surface area contributed by atoms with Gasteiger partial charge in [-0.1, -0.05) is 22.0 Å². The van der Waals surface area contributed by atoms with E-state index in [1.807, 2.05) is 12.1 Å². The van der Waals surface area contributed by atoms with Crippen molar-refractivity contribution in [3.63, 3.8) is 0 Å². The third-order valence-corrected chi connectivity index (χ3v) is 5.67. The molecule has 0 unspecified atom stereocenters. The molecule has 0 bridgehead atoms. The molecule has 1 fully saturated rings. The number of hydrogen-bond acceptors (Lipinski definition) is 4. The summed E-state index contributed by atoms with van der Waals surface area (Å²) in [5, 5.41) is 0. The van der Waals surface area contributed by atoms with Crippen molar-refractivity contribution >= 4 is 56.1 Å². The van der Waals surface area contributed by atoms with E-state index in [-0.39, 0.29) is 0 Å². The zero-order chi connectivity index (χ0) is 14.1. The second-order valence-corrected chi connectivity index (χ2v) is 7.79. The van der Waals surface area contributed by atoms with Crippen LogP contribution in [0.5, 0.6) is 0 Å². The van der Waals surface area contributed by atoms with E-state index in [0.717, 1.165) is 25.3 Å². The van der Waals surface area contributed by atoms with Crippen LogP contribution in [-0.4, -0.2) is 9.97 Å². The molecule has 0 saturated heterocycles. The monoisotopic (exact) mass is 461 g/mol. The maximum atomic E-state index is 6.00. The number of nitrogen functional groups attached to an aromatic ring is 1. The topological polar surface area (TPSA) is 51.8 Å². The molecule has 1 aromatic carbocycles. The molecular formula is C14H13BrIN3S. The minimum Gasteiger partial charge on any atom is -0.383 e. The summed E-state index contributed by atoms with van der Waals surface area (Å²) in [6.45, 7) is 0. The van der Waals surface area contributed by atoms with E-state index in [1.165, 1.54) is 17.7 Å². The molecule has 0 atom stereocenters. The molecule has 1 aromatic heterocycles. The van der Waals surface area contributed by atoms with Gasteiger partial charge in [0.05, 0.1) is 15.0 Å². The van der Waals surface area contributed by atoms with Crippen LogP contribution in [0.1, 0.15) is 30.3 Å². The van der Waals surface area contributed by atoms with Gasteiger partial charge in [0.2, 0.25) is 0 Å². The fraction of sp³-hybridized carbons (Fsp3) is 0.286. The number of hydrogen-bond donors (Lipinski definition) is 1. The molecular weight excluding hydrogens is 449 g/mol. The number of anilines is 1. The lowest BCUT2D eigenvalue weighted by Crippen LogP contribution is -2.06. The first-order valence-corrected chi connectivity index (χ1v) is 9.19. The Hall–Kier alpha value is -0.340. The standard InChI is InChI=1S/C14H13BrIN3S/c15-9-2-1-3-10(6-9)20-7-11-18-13(8-4-5-8)12(16)14(17)19-11/h1-3,6,8H,4-5,7H2,(H2,17,18,19). The van der Waals surface area contributed by atoms with Crippen molar-refractivity contribution in [2.45, 2.75) is 29.4 Å². The molecule has 2 aromatic rings. The van der Waals surface area contributed by atoms with Gasteiger partial charge in [-0.15, -0.1) is 11.8 Å². The van der Waals surface area contributed by atoms with E-state index in [0.29, 0.717) is 11.7 Å². The van der Waals surface area contributed by atoms with Crippen molar-refractivity contribution < 1.29 is 0 Å². The number of nitrogens with zero attached hydrogens (tertiary/aromatic N) is 2. The normalized spacial score (nSPS) is 14.5. The maximum Gasteiger partial charge on any atom is 0.141 e. The van der Waals surface area contributed by atoms with Gasteiger partial charge in [-0.25, -0.2) is 9.97 Å². The molecule has 0 spiro atoms. The Morgan fingerprint density at radius 3 is 2.85 bits per heavy atom. The number of nitrogens with two attached hydrogens (primary N) is 1. The van der Waals surface area contributed by atoms with Gasteiger partial charge in [0, 0.05) is 15.3 Å². The van der Waals surface area contributed by atoms with Crippen molar-refractivity contribution in [3.05, 3.63) is 43.8 Å². The Bertz CT molecular complexity index is 646. The lowest BCUT2D eigenvalue weighted by atomic mass is 10.3. The predicted molar refractivity (Wildman–Crippen MR) is 94.8 cm³/mol. The second-order valence-electron chi connectivity index (χ2n) is 4.74. The molecule has 20 heavy (non-hydrogen) atoms. The first kappa shape index (κ1) is 14.6. The Balaban J connectivity index is 1.77. The van der Waals surface area contributed by atoms with Gasteiger partial charge in [-0.2, -0.15) is 0 Å². The second kappa shape index (κ2) is 6.19. The highest BCUT2D eigenvalue weighted by atomic mass is 127. The van der Waals surface area contributed by atoms with Gasteiger partial charge < -0.3 is 5.73 Å². The predicted octanol–water partition coefficient (Wildman–Crippen LogP) is 4.60. The summed E-state index contributed by atoms with van der Waals surface area (Å²) >= 11 is 7.47. The van der Waals surface area contributed by atoms with Gasteiger partial charge in [0.1, 0.15) is 11.6 Å². The fourth-order valence-electron chi connectivity index (χ4n) is 1.93. The molecule has 3 nitrogen and oxygen atoms in total. The fourth-order valence-corrected chi connectivity index (χ4v) is 3.97. The molecule has 0 amide bonds. The summed E-state index contributed by atoms with van der Waals surface area (Å²) in [6.07, 6.45) is 2.45. The zero-order valence-corrected chi connectivity index (χ0v) is 15.2. The largest absolute Gasteiger partial charge is 0.383 e. The summed E-state index contributed by atoms with van der Waals surface area (Å²) in [4.78, 5) is 10.3. The van der Waals surface area contributed by atoms with Gasteiger partial charge in [-0.05, 0) is 53.6 Å². The highest BCUT2D eigenvalue weighted by Crippen LogP contribution is 2.42. The lowest BCUT2D eigenvalue weighted by Gasteiger charge is -2.08. The van der Waals surface area contributed by atoms with Gasteiger partial charge >= 0.3 is 0 Å².